The minimum atomic E-state index is -3.36. The molecule has 1 aliphatic rings. The van der Waals surface area contributed by atoms with Gasteiger partial charge in [-0.1, -0.05) is 6.92 Å². The van der Waals surface area contributed by atoms with Gasteiger partial charge in [-0.3, -0.25) is 0 Å². The van der Waals surface area contributed by atoms with Crippen molar-refractivity contribution in [2.45, 2.75) is 25.9 Å². The summed E-state index contributed by atoms with van der Waals surface area (Å²) in [6.07, 6.45) is 1.75. The number of rotatable bonds is 3. The van der Waals surface area contributed by atoms with Crippen molar-refractivity contribution in [2.75, 3.05) is 12.4 Å². The summed E-state index contributed by atoms with van der Waals surface area (Å²) in [7, 11) is 1.79. The Hall–Kier alpha value is 0.200. The Morgan fingerprint density at radius 3 is 2.75 bits per heavy atom. The van der Waals surface area contributed by atoms with Crippen LogP contribution in [0.5, 0.6) is 0 Å². The molecule has 0 aliphatic carbocycles. The minimum Gasteiger partial charge on any atom is -0.378 e. The summed E-state index contributed by atoms with van der Waals surface area (Å²) < 4.78 is 26.9. The van der Waals surface area contributed by atoms with Gasteiger partial charge in [0.1, 0.15) is 0 Å². The molecule has 0 saturated carbocycles. The maximum Gasteiger partial charge on any atom is 0.232 e. The summed E-state index contributed by atoms with van der Waals surface area (Å²) in [6.45, 7) is 2.65. The molecular formula is C7H13ClO3S. The molecule has 0 N–H and O–H groups in total. The van der Waals surface area contributed by atoms with Gasteiger partial charge >= 0.3 is 0 Å². The molecule has 2 unspecified atom stereocenters. The fourth-order valence-corrected chi connectivity index (χ4v) is 2.97. The third-order valence-corrected chi connectivity index (χ3v) is 3.37. The quantitative estimate of drug-likeness (QED) is 0.664. The highest BCUT2D eigenvalue weighted by atomic mass is 35.7. The zero-order valence-electron chi connectivity index (χ0n) is 6.99. The molecule has 0 amide bonds. The van der Waals surface area contributed by atoms with Crippen LogP contribution in [0.25, 0.3) is 0 Å². The number of hydrogen-bond donors (Lipinski definition) is 0. The largest absolute Gasteiger partial charge is 0.378 e. The molecule has 0 radical (unpaired) electrons. The number of hydrogen-bond acceptors (Lipinski definition) is 3. The zero-order valence-corrected chi connectivity index (χ0v) is 8.57. The monoisotopic (exact) mass is 212 g/mol. The van der Waals surface area contributed by atoms with E-state index in [1.54, 1.807) is 0 Å². The van der Waals surface area contributed by atoms with Gasteiger partial charge in [0, 0.05) is 23.2 Å². The van der Waals surface area contributed by atoms with Crippen molar-refractivity contribution in [2.24, 2.45) is 5.92 Å². The minimum absolute atomic E-state index is 0.0487. The van der Waals surface area contributed by atoms with Crippen LogP contribution in [-0.2, 0) is 13.8 Å². The summed E-state index contributed by atoms with van der Waals surface area (Å²) in [5.41, 5.74) is 0. The van der Waals surface area contributed by atoms with Gasteiger partial charge in [0.25, 0.3) is 0 Å². The molecule has 1 saturated heterocycles. The Labute approximate surface area is 77.5 Å². The summed E-state index contributed by atoms with van der Waals surface area (Å²) in [5.74, 6) is 0.144. The van der Waals surface area contributed by atoms with Crippen LogP contribution in [0.2, 0.25) is 0 Å². The number of ether oxygens (including phenoxy) is 1. The smallest absolute Gasteiger partial charge is 0.232 e. The van der Waals surface area contributed by atoms with E-state index in [9.17, 15) is 8.42 Å². The summed E-state index contributed by atoms with van der Waals surface area (Å²) >= 11 is 0. The van der Waals surface area contributed by atoms with Gasteiger partial charge in [-0.15, -0.1) is 0 Å². The lowest BCUT2D eigenvalue weighted by molar-refractivity contribution is 0.0917. The average molecular weight is 213 g/mol. The van der Waals surface area contributed by atoms with Gasteiger partial charge in [0.2, 0.25) is 9.05 Å². The molecule has 0 spiro atoms. The van der Waals surface area contributed by atoms with Crippen molar-refractivity contribution in [3.8, 4) is 0 Å². The Kier molecular flexibility index (Phi) is 3.37. The van der Waals surface area contributed by atoms with E-state index in [2.05, 4.69) is 0 Å². The standard InChI is InChI=1S/C7H13ClO3S/c1-2-7-6(3-4-11-7)5-12(8,9)10/h6-7H,2-5H2,1H3. The lowest BCUT2D eigenvalue weighted by Gasteiger charge is -2.14. The molecular weight excluding hydrogens is 200 g/mol. The second kappa shape index (κ2) is 3.94. The predicted molar refractivity (Wildman–Crippen MR) is 47.8 cm³/mol. The lowest BCUT2D eigenvalue weighted by Crippen LogP contribution is -2.21. The van der Waals surface area contributed by atoms with Crippen LogP contribution in [0.3, 0.4) is 0 Å². The van der Waals surface area contributed by atoms with Crippen molar-refractivity contribution in [1.82, 2.24) is 0 Å². The molecule has 0 aromatic rings. The molecule has 1 heterocycles. The molecule has 1 rings (SSSR count). The van der Waals surface area contributed by atoms with Crippen molar-refractivity contribution >= 4 is 19.7 Å². The van der Waals surface area contributed by atoms with Crippen LogP contribution >= 0.6 is 10.7 Å². The summed E-state index contributed by atoms with van der Waals surface area (Å²) in [5, 5.41) is 0. The van der Waals surface area contributed by atoms with Gasteiger partial charge < -0.3 is 4.74 Å². The highest BCUT2D eigenvalue weighted by molar-refractivity contribution is 8.13. The number of halogens is 1. The molecule has 1 fully saturated rings. The second-order valence-electron chi connectivity index (χ2n) is 3.07. The first-order valence-corrected chi connectivity index (χ1v) is 6.54. The van der Waals surface area contributed by atoms with E-state index < -0.39 is 9.05 Å². The van der Waals surface area contributed by atoms with Crippen LogP contribution in [0, 0.1) is 5.92 Å². The van der Waals surface area contributed by atoms with Gasteiger partial charge in [-0.25, -0.2) is 8.42 Å². The maximum atomic E-state index is 10.8. The zero-order chi connectivity index (χ0) is 9.19. The van der Waals surface area contributed by atoms with Gasteiger partial charge in [0.05, 0.1) is 11.9 Å². The average Bonchev–Trinajstić information content (AvgIpc) is 2.31. The van der Waals surface area contributed by atoms with E-state index in [1.165, 1.54) is 0 Å². The summed E-state index contributed by atoms with van der Waals surface area (Å²) in [6, 6.07) is 0. The van der Waals surface area contributed by atoms with Crippen molar-refractivity contribution in [1.29, 1.82) is 0 Å². The maximum absolute atomic E-state index is 10.8. The highest BCUT2D eigenvalue weighted by Crippen LogP contribution is 2.25. The molecule has 3 nitrogen and oxygen atoms in total. The van der Waals surface area contributed by atoms with Crippen molar-refractivity contribution in [3.05, 3.63) is 0 Å². The van der Waals surface area contributed by atoms with Crippen LogP contribution in [0.1, 0.15) is 19.8 Å². The third kappa shape index (κ3) is 2.92. The Balaban J connectivity index is 2.52. The molecule has 72 valence electrons. The molecule has 0 bridgehead atoms. The van der Waals surface area contributed by atoms with E-state index in [0.29, 0.717) is 6.61 Å². The van der Waals surface area contributed by atoms with E-state index in [0.717, 1.165) is 12.8 Å². The normalized spacial score (nSPS) is 30.8. The molecule has 0 aromatic heterocycles. The molecule has 2 atom stereocenters. The van der Waals surface area contributed by atoms with Crippen LogP contribution in [-0.4, -0.2) is 26.9 Å². The Morgan fingerprint density at radius 2 is 2.25 bits per heavy atom. The van der Waals surface area contributed by atoms with Gasteiger partial charge in [-0.05, 0) is 12.8 Å². The predicted octanol–water partition coefficient (Wildman–Crippen LogP) is 1.37. The van der Waals surface area contributed by atoms with E-state index in [1.807, 2.05) is 6.92 Å². The third-order valence-electron chi connectivity index (χ3n) is 2.16. The van der Waals surface area contributed by atoms with Crippen LogP contribution in [0.4, 0.5) is 0 Å². The van der Waals surface area contributed by atoms with E-state index >= 15 is 0 Å². The highest BCUT2D eigenvalue weighted by Gasteiger charge is 2.30. The first-order valence-electron chi connectivity index (χ1n) is 4.07. The van der Waals surface area contributed by atoms with Gasteiger partial charge in [-0.2, -0.15) is 0 Å². The van der Waals surface area contributed by atoms with E-state index in [-0.39, 0.29) is 17.8 Å². The van der Waals surface area contributed by atoms with Crippen LogP contribution in [0.15, 0.2) is 0 Å². The lowest BCUT2D eigenvalue weighted by atomic mass is 10.0. The van der Waals surface area contributed by atoms with E-state index in [4.69, 9.17) is 15.4 Å². The fraction of sp³-hybridized carbons (Fsp3) is 1.00. The van der Waals surface area contributed by atoms with Crippen LogP contribution < -0.4 is 0 Å². The molecule has 5 heteroatoms. The van der Waals surface area contributed by atoms with Gasteiger partial charge in [0.15, 0.2) is 0 Å². The molecule has 12 heavy (non-hydrogen) atoms. The Bertz CT molecular complexity index is 237. The first-order chi connectivity index (χ1) is 5.53. The Morgan fingerprint density at radius 1 is 1.58 bits per heavy atom. The molecule has 0 aromatic carbocycles. The fourth-order valence-electron chi connectivity index (χ4n) is 1.59. The van der Waals surface area contributed by atoms with Crippen molar-refractivity contribution < 1.29 is 13.2 Å². The van der Waals surface area contributed by atoms with Crippen molar-refractivity contribution in [3.63, 3.8) is 0 Å². The first kappa shape index (κ1) is 10.3. The second-order valence-corrected chi connectivity index (χ2v) is 5.89. The summed E-state index contributed by atoms with van der Waals surface area (Å²) in [4.78, 5) is 0. The topological polar surface area (TPSA) is 43.4 Å². The SMILES string of the molecule is CCC1OCCC1CS(=O)(=O)Cl. The molecule has 1 aliphatic heterocycles.